The Balaban J connectivity index is 1.57. The second-order valence-electron chi connectivity index (χ2n) is 5.36. The molecule has 2 atom stereocenters. The van der Waals surface area contributed by atoms with Crippen molar-refractivity contribution in [2.75, 3.05) is 13.1 Å². The highest BCUT2D eigenvalue weighted by Crippen LogP contribution is 2.26. The Morgan fingerprint density at radius 1 is 1.53 bits per heavy atom. The van der Waals surface area contributed by atoms with Crippen molar-refractivity contribution in [2.24, 2.45) is 5.92 Å². The van der Waals surface area contributed by atoms with Crippen LogP contribution in [0.2, 0.25) is 0 Å². The molecule has 6 heteroatoms. The minimum absolute atomic E-state index is 0.223. The van der Waals surface area contributed by atoms with E-state index in [0.29, 0.717) is 24.3 Å². The highest BCUT2D eigenvalue weighted by atomic mass is 35.5. The number of fused-ring (bicyclic) bond motifs is 1. The first kappa shape index (κ1) is 13.3. The van der Waals surface area contributed by atoms with Gasteiger partial charge in [-0.3, -0.25) is 9.69 Å². The summed E-state index contributed by atoms with van der Waals surface area (Å²) in [5, 5.41) is 6.30. The second kappa shape index (κ2) is 5.77. The van der Waals surface area contributed by atoms with E-state index in [4.69, 9.17) is 11.6 Å². The van der Waals surface area contributed by atoms with E-state index < -0.39 is 0 Å². The number of nitrogens with one attached hydrogen (secondary N) is 1. The molecule has 4 nitrogen and oxygen atoms in total. The van der Waals surface area contributed by atoms with Crippen LogP contribution in [0.4, 0.5) is 0 Å². The summed E-state index contributed by atoms with van der Waals surface area (Å²) < 4.78 is 0. The summed E-state index contributed by atoms with van der Waals surface area (Å²) in [4.78, 5) is 18.3. The summed E-state index contributed by atoms with van der Waals surface area (Å²) in [5.74, 6) is 1.33. The van der Waals surface area contributed by atoms with Crippen molar-refractivity contribution < 1.29 is 4.79 Å². The van der Waals surface area contributed by atoms with Gasteiger partial charge in [0.05, 0.1) is 18.1 Å². The van der Waals surface area contributed by atoms with E-state index >= 15 is 0 Å². The van der Waals surface area contributed by atoms with Gasteiger partial charge in [0.1, 0.15) is 5.01 Å². The molecule has 2 aliphatic heterocycles. The minimum atomic E-state index is 0.223. The fourth-order valence-electron chi connectivity index (χ4n) is 3.00. The van der Waals surface area contributed by atoms with Gasteiger partial charge in [0.25, 0.3) is 0 Å². The quantitative estimate of drug-likeness (QED) is 0.868. The van der Waals surface area contributed by atoms with Gasteiger partial charge in [0, 0.05) is 30.9 Å². The topological polar surface area (TPSA) is 45.2 Å². The van der Waals surface area contributed by atoms with E-state index in [1.54, 1.807) is 11.3 Å². The summed E-state index contributed by atoms with van der Waals surface area (Å²) in [5.41, 5.74) is 0.974. The van der Waals surface area contributed by atoms with Crippen LogP contribution in [0.1, 0.15) is 30.0 Å². The van der Waals surface area contributed by atoms with Crippen LogP contribution in [0, 0.1) is 5.92 Å². The monoisotopic (exact) mass is 299 g/mol. The molecule has 1 N–H and O–H groups in total. The predicted octanol–water partition coefficient (Wildman–Crippen LogP) is 1.98. The lowest BCUT2D eigenvalue weighted by atomic mass is 9.85. The van der Waals surface area contributed by atoms with Gasteiger partial charge in [-0.2, -0.15) is 0 Å². The third kappa shape index (κ3) is 3.09. The molecule has 0 bridgehead atoms. The van der Waals surface area contributed by atoms with Crippen LogP contribution in [0.3, 0.4) is 0 Å². The first-order valence-electron chi connectivity index (χ1n) is 6.75. The van der Waals surface area contributed by atoms with Gasteiger partial charge < -0.3 is 5.32 Å². The summed E-state index contributed by atoms with van der Waals surface area (Å²) in [6.45, 7) is 3.02. The van der Waals surface area contributed by atoms with E-state index in [1.165, 1.54) is 0 Å². The zero-order valence-corrected chi connectivity index (χ0v) is 12.3. The number of halogens is 1. The lowest BCUT2D eigenvalue weighted by Crippen LogP contribution is -2.53. The second-order valence-corrected chi connectivity index (χ2v) is 6.57. The Kier molecular flexibility index (Phi) is 4.05. The van der Waals surface area contributed by atoms with Gasteiger partial charge in [-0.15, -0.1) is 22.9 Å². The fourth-order valence-corrected chi connectivity index (χ4v) is 4.07. The molecule has 19 heavy (non-hydrogen) atoms. The number of rotatable bonds is 3. The predicted molar refractivity (Wildman–Crippen MR) is 76.2 cm³/mol. The molecule has 2 unspecified atom stereocenters. The van der Waals surface area contributed by atoms with Crippen molar-refractivity contribution in [3.8, 4) is 0 Å². The number of nitrogens with zero attached hydrogens (tertiary/aromatic N) is 2. The SMILES string of the molecule is O=C1CCC2CN(Cc3nc(CCl)cs3)CCC2N1. The maximum absolute atomic E-state index is 11.4. The lowest BCUT2D eigenvalue weighted by molar-refractivity contribution is -0.125. The van der Waals surface area contributed by atoms with Crippen LogP contribution >= 0.6 is 22.9 Å². The molecule has 1 aromatic rings. The molecule has 0 radical (unpaired) electrons. The Hall–Kier alpha value is -0.650. The molecule has 3 heterocycles. The van der Waals surface area contributed by atoms with Crippen molar-refractivity contribution in [1.82, 2.24) is 15.2 Å². The number of piperidine rings is 2. The van der Waals surface area contributed by atoms with E-state index in [0.717, 1.165) is 43.2 Å². The van der Waals surface area contributed by atoms with Crippen molar-refractivity contribution >= 4 is 28.8 Å². The minimum Gasteiger partial charge on any atom is -0.353 e. The number of thiazole rings is 1. The van der Waals surface area contributed by atoms with Crippen molar-refractivity contribution in [2.45, 2.75) is 37.7 Å². The summed E-state index contributed by atoms with van der Waals surface area (Å²) in [6, 6.07) is 0.396. The van der Waals surface area contributed by atoms with E-state index in [-0.39, 0.29) is 5.91 Å². The van der Waals surface area contributed by atoms with Crippen LogP contribution in [0.15, 0.2) is 5.38 Å². The van der Waals surface area contributed by atoms with Crippen LogP contribution < -0.4 is 5.32 Å². The maximum Gasteiger partial charge on any atom is 0.220 e. The summed E-state index contributed by atoms with van der Waals surface area (Å²) in [6.07, 6.45) is 2.77. The summed E-state index contributed by atoms with van der Waals surface area (Å²) >= 11 is 7.47. The number of aromatic nitrogens is 1. The van der Waals surface area contributed by atoms with Crippen LogP contribution in [0.5, 0.6) is 0 Å². The molecule has 1 amide bonds. The smallest absolute Gasteiger partial charge is 0.220 e. The van der Waals surface area contributed by atoms with Crippen molar-refractivity contribution in [1.29, 1.82) is 0 Å². The number of carbonyl (C=O) groups excluding carboxylic acids is 1. The lowest BCUT2D eigenvalue weighted by Gasteiger charge is -2.41. The fraction of sp³-hybridized carbons (Fsp3) is 0.692. The van der Waals surface area contributed by atoms with E-state index in [2.05, 4.69) is 15.2 Å². The molecule has 3 rings (SSSR count). The van der Waals surface area contributed by atoms with Gasteiger partial charge >= 0.3 is 0 Å². The first-order chi connectivity index (χ1) is 9.24. The number of carbonyl (C=O) groups is 1. The number of amides is 1. The number of alkyl halides is 1. The Bertz CT molecular complexity index is 464. The highest BCUT2D eigenvalue weighted by Gasteiger charge is 2.33. The average molecular weight is 300 g/mol. The molecule has 0 saturated carbocycles. The van der Waals surface area contributed by atoms with Gasteiger partial charge in [0.15, 0.2) is 0 Å². The van der Waals surface area contributed by atoms with E-state index in [9.17, 15) is 4.79 Å². The van der Waals surface area contributed by atoms with E-state index in [1.807, 2.05) is 5.38 Å². The average Bonchev–Trinajstić information content (AvgIpc) is 2.86. The molecule has 1 aromatic heterocycles. The standard InChI is InChI=1S/C13H18ClN3OS/c14-5-10-8-19-13(15-10)7-17-4-3-11-9(6-17)1-2-12(18)16-11/h8-9,11H,1-7H2,(H,16,18). The van der Waals surface area contributed by atoms with Crippen molar-refractivity contribution in [3.05, 3.63) is 16.1 Å². The highest BCUT2D eigenvalue weighted by molar-refractivity contribution is 7.09. The van der Waals surface area contributed by atoms with Gasteiger partial charge in [-0.25, -0.2) is 4.98 Å². The number of hydrogen-bond acceptors (Lipinski definition) is 4. The van der Waals surface area contributed by atoms with Crippen molar-refractivity contribution in [3.63, 3.8) is 0 Å². The van der Waals surface area contributed by atoms with Gasteiger partial charge in [-0.05, 0) is 18.8 Å². The Morgan fingerprint density at radius 3 is 3.21 bits per heavy atom. The normalized spacial score (nSPS) is 27.9. The van der Waals surface area contributed by atoms with Crippen LogP contribution in [-0.4, -0.2) is 34.9 Å². The Morgan fingerprint density at radius 2 is 2.42 bits per heavy atom. The molecule has 2 fully saturated rings. The molecule has 2 saturated heterocycles. The third-order valence-corrected chi connectivity index (χ3v) is 5.16. The molecule has 0 aromatic carbocycles. The zero-order chi connectivity index (χ0) is 13.2. The molecule has 104 valence electrons. The molecular weight excluding hydrogens is 282 g/mol. The van der Waals surface area contributed by atoms with Gasteiger partial charge in [0.2, 0.25) is 5.91 Å². The summed E-state index contributed by atoms with van der Waals surface area (Å²) in [7, 11) is 0. The third-order valence-electron chi connectivity index (χ3n) is 4.00. The Labute approximate surface area is 122 Å². The number of likely N-dealkylation sites (tertiary alicyclic amines) is 1. The molecule has 0 spiro atoms. The van der Waals surface area contributed by atoms with Crippen LogP contribution in [0.25, 0.3) is 0 Å². The molecule has 2 aliphatic rings. The zero-order valence-electron chi connectivity index (χ0n) is 10.8. The number of hydrogen-bond donors (Lipinski definition) is 1. The largest absolute Gasteiger partial charge is 0.353 e. The first-order valence-corrected chi connectivity index (χ1v) is 8.17. The maximum atomic E-state index is 11.4. The van der Waals surface area contributed by atoms with Gasteiger partial charge in [-0.1, -0.05) is 0 Å². The van der Waals surface area contributed by atoms with Crippen LogP contribution in [-0.2, 0) is 17.2 Å². The molecular formula is C13H18ClN3OS. The molecule has 0 aliphatic carbocycles.